The van der Waals surface area contributed by atoms with Gasteiger partial charge in [0.15, 0.2) is 0 Å². The quantitative estimate of drug-likeness (QED) is 0.133. The maximum atomic E-state index is 2.45. The molecule has 0 spiro atoms. The zero-order valence-electron chi connectivity index (χ0n) is 28.7. The summed E-state index contributed by atoms with van der Waals surface area (Å²) in [5, 5.41) is 10.3. The van der Waals surface area contributed by atoms with Gasteiger partial charge in [-0.05, 0) is 129 Å². The van der Waals surface area contributed by atoms with Crippen molar-refractivity contribution >= 4 is 43.1 Å². The normalized spacial score (nSPS) is 11.9. The van der Waals surface area contributed by atoms with E-state index in [9.17, 15) is 0 Å². The molecule has 0 aromatic heterocycles. The fraction of sp³-hybridized carbons (Fsp3) is 0.0800. The first-order chi connectivity index (χ1) is 24.4. The average molecular weight is 639 g/mol. The molecule has 0 aliphatic carbocycles. The fourth-order valence-corrected chi connectivity index (χ4v) is 8.04. The van der Waals surface area contributed by atoms with E-state index in [1.165, 1.54) is 93.2 Å². The molecule has 9 aromatic carbocycles. The topological polar surface area (TPSA) is 0 Å². The Morgan fingerprint density at radius 3 is 1.42 bits per heavy atom. The molecule has 0 aliphatic heterocycles. The van der Waals surface area contributed by atoms with Crippen molar-refractivity contribution < 1.29 is 0 Å². The van der Waals surface area contributed by atoms with Crippen LogP contribution in [0.5, 0.6) is 0 Å². The van der Waals surface area contributed by atoms with Crippen molar-refractivity contribution in [2.24, 2.45) is 0 Å². The molecule has 0 bridgehead atoms. The van der Waals surface area contributed by atoms with Crippen molar-refractivity contribution in [3.63, 3.8) is 0 Å². The second-order valence-electron chi connectivity index (χ2n) is 14.6. The molecular weight excluding hydrogens is 601 g/mol. The van der Waals surface area contributed by atoms with Crippen molar-refractivity contribution in [2.45, 2.75) is 26.2 Å². The Labute approximate surface area is 294 Å². The first-order valence-electron chi connectivity index (χ1n) is 17.6. The average Bonchev–Trinajstić information content (AvgIpc) is 3.16. The van der Waals surface area contributed by atoms with Crippen LogP contribution in [0.25, 0.3) is 87.6 Å². The Kier molecular flexibility index (Phi) is 7.14. The molecule has 9 aromatic rings. The summed E-state index contributed by atoms with van der Waals surface area (Å²) < 4.78 is 0. The van der Waals surface area contributed by atoms with Gasteiger partial charge in [-0.25, -0.2) is 0 Å². The lowest BCUT2D eigenvalue weighted by Gasteiger charge is -2.27. The summed E-state index contributed by atoms with van der Waals surface area (Å²) in [6.45, 7) is 7.06. The molecule has 0 nitrogen and oxygen atoms in total. The van der Waals surface area contributed by atoms with E-state index in [4.69, 9.17) is 0 Å². The SMILES string of the molecule is CC(C)(C)c1c2ccccc2c(-c2cc(-c3ccccc3)cc(-c3ccccc3)c2)c2ccc(-c3ccc4c(ccc5ccccc54)c3)cc12. The van der Waals surface area contributed by atoms with E-state index < -0.39 is 0 Å². The van der Waals surface area contributed by atoms with Gasteiger partial charge in [-0.2, -0.15) is 0 Å². The van der Waals surface area contributed by atoms with Crippen LogP contribution in [0, 0.1) is 0 Å². The first-order valence-corrected chi connectivity index (χ1v) is 17.6. The van der Waals surface area contributed by atoms with Crippen LogP contribution in [-0.4, -0.2) is 0 Å². The van der Waals surface area contributed by atoms with E-state index in [0.717, 1.165) is 0 Å². The van der Waals surface area contributed by atoms with Gasteiger partial charge in [0.1, 0.15) is 0 Å². The van der Waals surface area contributed by atoms with Gasteiger partial charge in [-0.1, -0.05) is 166 Å². The van der Waals surface area contributed by atoms with E-state index in [2.05, 4.69) is 197 Å². The van der Waals surface area contributed by atoms with Crippen LogP contribution in [0.2, 0.25) is 0 Å². The molecule has 0 heteroatoms. The molecule has 0 heterocycles. The van der Waals surface area contributed by atoms with Crippen LogP contribution in [0.3, 0.4) is 0 Å². The Bertz CT molecular complexity index is 2650. The van der Waals surface area contributed by atoms with Crippen LogP contribution in [-0.2, 0) is 5.41 Å². The highest BCUT2D eigenvalue weighted by Gasteiger charge is 2.24. The van der Waals surface area contributed by atoms with Crippen molar-refractivity contribution in [2.75, 3.05) is 0 Å². The minimum atomic E-state index is -0.0710. The van der Waals surface area contributed by atoms with Crippen LogP contribution in [0.1, 0.15) is 26.3 Å². The van der Waals surface area contributed by atoms with Gasteiger partial charge < -0.3 is 0 Å². The molecule has 0 atom stereocenters. The summed E-state index contributed by atoms with van der Waals surface area (Å²) in [4.78, 5) is 0. The minimum absolute atomic E-state index is 0.0710. The van der Waals surface area contributed by atoms with Crippen molar-refractivity contribution in [1.29, 1.82) is 0 Å². The molecule has 0 N–H and O–H groups in total. The second-order valence-corrected chi connectivity index (χ2v) is 14.6. The number of hydrogen-bond donors (Lipinski definition) is 0. The zero-order valence-corrected chi connectivity index (χ0v) is 28.7. The Morgan fingerprint density at radius 2 is 0.760 bits per heavy atom. The summed E-state index contributed by atoms with van der Waals surface area (Å²) in [5.74, 6) is 0. The van der Waals surface area contributed by atoms with E-state index >= 15 is 0 Å². The fourth-order valence-electron chi connectivity index (χ4n) is 8.04. The van der Waals surface area contributed by atoms with Gasteiger partial charge in [0.05, 0.1) is 0 Å². The third-order valence-corrected chi connectivity index (χ3v) is 10.3. The predicted molar refractivity (Wildman–Crippen MR) is 217 cm³/mol. The zero-order chi connectivity index (χ0) is 33.8. The van der Waals surface area contributed by atoms with Crippen molar-refractivity contribution in [3.05, 3.63) is 181 Å². The summed E-state index contributed by atoms with van der Waals surface area (Å²) in [6.07, 6.45) is 0. The van der Waals surface area contributed by atoms with Crippen molar-refractivity contribution in [1.82, 2.24) is 0 Å². The first kappa shape index (κ1) is 30.1. The summed E-state index contributed by atoms with van der Waals surface area (Å²) in [6, 6.07) is 65.0. The molecule has 0 aliphatic rings. The Balaban J connectivity index is 1.33. The minimum Gasteiger partial charge on any atom is -0.0622 e. The van der Waals surface area contributed by atoms with Crippen LogP contribution in [0.15, 0.2) is 176 Å². The monoisotopic (exact) mass is 638 g/mol. The lowest BCUT2D eigenvalue weighted by Crippen LogP contribution is -2.13. The third-order valence-electron chi connectivity index (χ3n) is 10.3. The lowest BCUT2D eigenvalue weighted by atomic mass is 9.77. The smallest absolute Gasteiger partial charge is 0.00262 e. The van der Waals surface area contributed by atoms with Gasteiger partial charge >= 0.3 is 0 Å². The van der Waals surface area contributed by atoms with Crippen LogP contribution in [0.4, 0.5) is 0 Å². The third kappa shape index (κ3) is 5.16. The maximum absolute atomic E-state index is 2.45. The van der Waals surface area contributed by atoms with Gasteiger partial charge in [-0.15, -0.1) is 0 Å². The number of hydrogen-bond acceptors (Lipinski definition) is 0. The van der Waals surface area contributed by atoms with E-state index in [-0.39, 0.29) is 5.41 Å². The van der Waals surface area contributed by atoms with E-state index in [0.29, 0.717) is 0 Å². The molecule has 0 saturated heterocycles. The highest BCUT2D eigenvalue weighted by Crippen LogP contribution is 2.46. The molecule has 9 rings (SSSR count). The molecule has 0 fully saturated rings. The van der Waals surface area contributed by atoms with Gasteiger partial charge in [0, 0.05) is 0 Å². The number of benzene rings is 9. The predicted octanol–water partition coefficient (Wildman–Crippen LogP) is 14.3. The Morgan fingerprint density at radius 1 is 0.280 bits per heavy atom. The highest BCUT2D eigenvalue weighted by atomic mass is 14.3. The van der Waals surface area contributed by atoms with Gasteiger partial charge in [0.2, 0.25) is 0 Å². The molecule has 0 unspecified atom stereocenters. The number of fused-ring (bicyclic) bond motifs is 5. The molecule has 0 amide bonds. The lowest BCUT2D eigenvalue weighted by molar-refractivity contribution is 0.601. The molecule has 50 heavy (non-hydrogen) atoms. The Hall–Kier alpha value is -5.98. The van der Waals surface area contributed by atoms with E-state index in [1.807, 2.05) is 0 Å². The van der Waals surface area contributed by atoms with Crippen molar-refractivity contribution in [3.8, 4) is 44.5 Å². The molecule has 0 saturated carbocycles. The van der Waals surface area contributed by atoms with E-state index in [1.54, 1.807) is 0 Å². The largest absolute Gasteiger partial charge is 0.0622 e. The van der Waals surface area contributed by atoms with Gasteiger partial charge in [-0.3, -0.25) is 0 Å². The summed E-state index contributed by atoms with van der Waals surface area (Å²) in [5.41, 5.74) is 11.2. The molecule has 0 radical (unpaired) electrons. The molecular formula is C50H38. The summed E-state index contributed by atoms with van der Waals surface area (Å²) in [7, 11) is 0. The second kappa shape index (κ2) is 11.9. The highest BCUT2D eigenvalue weighted by molar-refractivity contribution is 6.17. The maximum Gasteiger partial charge on any atom is -0.00262 e. The van der Waals surface area contributed by atoms with Gasteiger partial charge in [0.25, 0.3) is 0 Å². The summed E-state index contributed by atoms with van der Waals surface area (Å²) >= 11 is 0. The van der Waals surface area contributed by atoms with Crippen LogP contribution >= 0.6 is 0 Å². The standard InChI is InChI=1S/C50H38/c1-50(2,3)49-46-21-13-12-20-44(46)48(41-30-39(33-14-6-4-7-15-33)29-40(31-41)34-16-8-5-9-17-34)45-27-25-37(32-47(45)49)36-24-26-43-38(28-36)23-22-35-18-10-11-19-42(35)43/h4-32H,1-3H3. The number of rotatable bonds is 4. The van der Waals surface area contributed by atoms with Crippen LogP contribution < -0.4 is 0 Å². The molecule has 238 valence electrons.